The Morgan fingerprint density at radius 2 is 1.80 bits per heavy atom. The Morgan fingerprint density at radius 1 is 1.27 bits per heavy atom. The van der Waals surface area contributed by atoms with Crippen LogP contribution in [0.1, 0.15) is 6.92 Å². The fraction of sp³-hybridized carbons (Fsp3) is 0.778. The van der Waals surface area contributed by atoms with E-state index >= 15 is 0 Å². The van der Waals surface area contributed by atoms with E-state index in [9.17, 15) is 9.59 Å². The van der Waals surface area contributed by atoms with Crippen LogP contribution in [0.25, 0.3) is 0 Å². The van der Waals surface area contributed by atoms with E-state index in [0.717, 1.165) is 0 Å². The zero-order chi connectivity index (χ0) is 11.4. The molecule has 1 rings (SSSR count). The van der Waals surface area contributed by atoms with Gasteiger partial charge in [0.25, 0.3) is 0 Å². The Balaban J connectivity index is 2.35. The minimum absolute atomic E-state index is 0.0336. The molecule has 1 saturated heterocycles. The number of amides is 2. The van der Waals surface area contributed by atoms with Crippen LogP contribution in [0.2, 0.25) is 0 Å². The van der Waals surface area contributed by atoms with E-state index in [1.165, 1.54) is 0 Å². The molecule has 0 bridgehead atoms. The summed E-state index contributed by atoms with van der Waals surface area (Å²) < 4.78 is 0. The third kappa shape index (κ3) is 3.49. The predicted octanol–water partition coefficient (Wildman–Crippen LogP) is -2.04. The highest BCUT2D eigenvalue weighted by molar-refractivity contribution is 5.81. The summed E-state index contributed by atoms with van der Waals surface area (Å²) in [5.74, 6) is -0.365. The van der Waals surface area contributed by atoms with E-state index in [2.05, 4.69) is 0 Å². The SMILES string of the molecule is C[C@@H](N)C(=O)N1CCN(CC(N)=O)CC1. The van der Waals surface area contributed by atoms with E-state index < -0.39 is 6.04 Å². The van der Waals surface area contributed by atoms with Gasteiger partial charge in [-0.25, -0.2) is 0 Å². The van der Waals surface area contributed by atoms with Crippen LogP contribution in [0.3, 0.4) is 0 Å². The second kappa shape index (κ2) is 5.09. The highest BCUT2D eigenvalue weighted by Gasteiger charge is 2.23. The lowest BCUT2D eigenvalue weighted by molar-refractivity contribution is -0.134. The minimum Gasteiger partial charge on any atom is -0.369 e. The Kier molecular flexibility index (Phi) is 4.05. The number of carbonyl (C=O) groups is 2. The number of nitrogens with zero attached hydrogens (tertiary/aromatic N) is 2. The molecular formula is C9H18N4O2. The second-order valence-corrected chi connectivity index (χ2v) is 3.86. The third-order valence-electron chi connectivity index (χ3n) is 2.45. The normalized spacial score (nSPS) is 20.0. The Bertz CT molecular complexity index is 246. The molecule has 0 spiro atoms. The topological polar surface area (TPSA) is 92.7 Å². The van der Waals surface area contributed by atoms with Crippen molar-refractivity contribution in [3.05, 3.63) is 0 Å². The van der Waals surface area contributed by atoms with Gasteiger partial charge in [-0.1, -0.05) is 0 Å². The first-order valence-electron chi connectivity index (χ1n) is 5.05. The molecule has 0 aromatic heterocycles. The fourth-order valence-electron chi connectivity index (χ4n) is 1.63. The Labute approximate surface area is 89.2 Å². The summed E-state index contributed by atoms with van der Waals surface area (Å²) >= 11 is 0. The quantitative estimate of drug-likeness (QED) is 0.566. The lowest BCUT2D eigenvalue weighted by Gasteiger charge is -2.34. The first-order valence-corrected chi connectivity index (χ1v) is 5.05. The molecular weight excluding hydrogens is 196 g/mol. The summed E-state index contributed by atoms with van der Waals surface area (Å²) in [6.45, 7) is 4.54. The van der Waals surface area contributed by atoms with Gasteiger partial charge in [0.2, 0.25) is 11.8 Å². The third-order valence-corrected chi connectivity index (χ3v) is 2.45. The summed E-state index contributed by atoms with van der Waals surface area (Å²) in [5, 5.41) is 0. The molecule has 1 heterocycles. The van der Waals surface area contributed by atoms with E-state index in [1.54, 1.807) is 11.8 Å². The second-order valence-electron chi connectivity index (χ2n) is 3.86. The summed E-state index contributed by atoms with van der Waals surface area (Å²) in [5.41, 5.74) is 10.6. The fourth-order valence-corrected chi connectivity index (χ4v) is 1.63. The molecule has 0 unspecified atom stereocenters. The molecule has 0 aromatic rings. The molecule has 0 aliphatic carbocycles. The largest absolute Gasteiger partial charge is 0.369 e. The molecule has 1 fully saturated rings. The van der Waals surface area contributed by atoms with Gasteiger partial charge in [-0.05, 0) is 6.92 Å². The first-order chi connectivity index (χ1) is 7.00. The van der Waals surface area contributed by atoms with Gasteiger partial charge < -0.3 is 16.4 Å². The Hall–Kier alpha value is -1.14. The molecule has 6 heteroatoms. The van der Waals surface area contributed by atoms with Crippen molar-refractivity contribution in [2.75, 3.05) is 32.7 Å². The molecule has 86 valence electrons. The highest BCUT2D eigenvalue weighted by atomic mass is 16.2. The number of primary amides is 1. The maximum atomic E-state index is 11.5. The van der Waals surface area contributed by atoms with Crippen LogP contribution >= 0.6 is 0 Å². The van der Waals surface area contributed by atoms with Gasteiger partial charge in [0, 0.05) is 26.2 Å². The van der Waals surface area contributed by atoms with Crippen LogP contribution in [0.15, 0.2) is 0 Å². The van der Waals surface area contributed by atoms with Crippen LogP contribution in [-0.4, -0.2) is 60.4 Å². The summed E-state index contributed by atoms with van der Waals surface area (Å²) in [6, 6.07) is -0.451. The number of hydrogen-bond donors (Lipinski definition) is 2. The van der Waals surface area contributed by atoms with Crippen molar-refractivity contribution in [2.45, 2.75) is 13.0 Å². The average molecular weight is 214 g/mol. The zero-order valence-corrected chi connectivity index (χ0v) is 8.98. The summed E-state index contributed by atoms with van der Waals surface area (Å²) in [7, 11) is 0. The van der Waals surface area contributed by atoms with Crippen molar-refractivity contribution in [3.8, 4) is 0 Å². The number of piperazine rings is 1. The summed E-state index contributed by atoms with van der Waals surface area (Å²) in [6.07, 6.45) is 0. The summed E-state index contributed by atoms with van der Waals surface area (Å²) in [4.78, 5) is 25.9. The van der Waals surface area contributed by atoms with E-state index in [1.807, 2.05) is 4.90 Å². The standard InChI is InChI=1S/C9H18N4O2/c1-7(10)9(15)13-4-2-12(3-5-13)6-8(11)14/h7H,2-6,10H2,1H3,(H2,11,14)/t7-/m1/s1. The van der Waals surface area contributed by atoms with E-state index in [4.69, 9.17) is 11.5 Å². The van der Waals surface area contributed by atoms with Gasteiger partial charge in [-0.3, -0.25) is 14.5 Å². The van der Waals surface area contributed by atoms with Crippen molar-refractivity contribution in [1.82, 2.24) is 9.80 Å². The van der Waals surface area contributed by atoms with Crippen molar-refractivity contribution >= 4 is 11.8 Å². The molecule has 0 aromatic carbocycles. The number of carbonyl (C=O) groups excluding carboxylic acids is 2. The molecule has 1 aliphatic rings. The molecule has 2 amide bonds. The zero-order valence-electron chi connectivity index (χ0n) is 8.98. The molecule has 0 radical (unpaired) electrons. The van der Waals surface area contributed by atoms with Crippen molar-refractivity contribution in [1.29, 1.82) is 0 Å². The first kappa shape index (κ1) is 11.9. The van der Waals surface area contributed by atoms with Gasteiger partial charge in [-0.2, -0.15) is 0 Å². The van der Waals surface area contributed by atoms with Crippen molar-refractivity contribution in [2.24, 2.45) is 11.5 Å². The lowest BCUT2D eigenvalue weighted by atomic mass is 10.2. The predicted molar refractivity (Wildman–Crippen MR) is 55.9 cm³/mol. The van der Waals surface area contributed by atoms with Gasteiger partial charge in [0.15, 0.2) is 0 Å². The maximum absolute atomic E-state index is 11.5. The van der Waals surface area contributed by atoms with Crippen molar-refractivity contribution < 1.29 is 9.59 Å². The van der Waals surface area contributed by atoms with Gasteiger partial charge in [-0.15, -0.1) is 0 Å². The molecule has 1 aliphatic heterocycles. The highest BCUT2D eigenvalue weighted by Crippen LogP contribution is 2.02. The van der Waals surface area contributed by atoms with Crippen molar-refractivity contribution in [3.63, 3.8) is 0 Å². The van der Waals surface area contributed by atoms with Gasteiger partial charge in [0.05, 0.1) is 12.6 Å². The van der Waals surface area contributed by atoms with Crippen LogP contribution in [0.5, 0.6) is 0 Å². The van der Waals surface area contributed by atoms with Gasteiger partial charge >= 0.3 is 0 Å². The van der Waals surface area contributed by atoms with Gasteiger partial charge in [0.1, 0.15) is 0 Å². The van der Waals surface area contributed by atoms with Crippen LogP contribution in [-0.2, 0) is 9.59 Å². The van der Waals surface area contributed by atoms with E-state index in [-0.39, 0.29) is 18.4 Å². The number of nitrogens with two attached hydrogens (primary N) is 2. The smallest absolute Gasteiger partial charge is 0.239 e. The van der Waals surface area contributed by atoms with Crippen LogP contribution in [0, 0.1) is 0 Å². The average Bonchev–Trinajstić information content (AvgIpc) is 2.17. The molecule has 0 saturated carbocycles. The van der Waals surface area contributed by atoms with E-state index in [0.29, 0.717) is 26.2 Å². The maximum Gasteiger partial charge on any atom is 0.239 e. The Morgan fingerprint density at radius 3 is 2.20 bits per heavy atom. The number of rotatable bonds is 3. The lowest BCUT2D eigenvalue weighted by Crippen LogP contribution is -2.53. The number of hydrogen-bond acceptors (Lipinski definition) is 4. The minimum atomic E-state index is -0.451. The van der Waals surface area contributed by atoms with Crippen LogP contribution < -0.4 is 11.5 Å². The van der Waals surface area contributed by atoms with Crippen LogP contribution in [0.4, 0.5) is 0 Å². The molecule has 1 atom stereocenters. The molecule has 4 N–H and O–H groups in total. The molecule has 6 nitrogen and oxygen atoms in total. The monoisotopic (exact) mass is 214 g/mol. The molecule has 15 heavy (non-hydrogen) atoms.